The molecule has 0 bridgehead atoms. The zero-order chi connectivity index (χ0) is 16.9. The van der Waals surface area contributed by atoms with E-state index in [0.717, 1.165) is 5.56 Å². The van der Waals surface area contributed by atoms with Crippen LogP contribution in [-0.2, 0) is 0 Å². The summed E-state index contributed by atoms with van der Waals surface area (Å²) in [5.74, 6) is 0.641. The van der Waals surface area contributed by atoms with E-state index in [1.807, 2.05) is 12.1 Å². The van der Waals surface area contributed by atoms with E-state index in [-0.39, 0.29) is 5.78 Å². The van der Waals surface area contributed by atoms with Gasteiger partial charge < -0.3 is 0 Å². The van der Waals surface area contributed by atoms with E-state index in [1.165, 1.54) is 37.7 Å². The number of benzene rings is 2. The topological polar surface area (TPSA) is 17.1 Å². The van der Waals surface area contributed by atoms with Gasteiger partial charge in [-0.25, -0.2) is 0 Å². The number of carbonyl (C=O) groups excluding carboxylic acids is 1. The lowest BCUT2D eigenvalue weighted by Gasteiger charge is -2.21. The third-order valence-corrected chi connectivity index (χ3v) is 5.21. The molecule has 2 aromatic rings. The van der Waals surface area contributed by atoms with Crippen LogP contribution in [0.25, 0.3) is 6.08 Å². The molecule has 0 saturated heterocycles. The molecule has 1 saturated carbocycles. The van der Waals surface area contributed by atoms with Gasteiger partial charge >= 0.3 is 0 Å². The largest absolute Gasteiger partial charge is 0.289 e. The Bertz CT molecular complexity index is 741. The number of rotatable bonds is 4. The molecule has 24 heavy (non-hydrogen) atoms. The Morgan fingerprint density at radius 2 is 1.67 bits per heavy atom. The van der Waals surface area contributed by atoms with Crippen LogP contribution < -0.4 is 0 Å². The summed E-state index contributed by atoms with van der Waals surface area (Å²) in [6, 6.07) is 13.3. The molecule has 3 rings (SSSR count). The Balaban J connectivity index is 1.69. The molecule has 124 valence electrons. The molecule has 0 aromatic heterocycles. The molecule has 0 amide bonds. The van der Waals surface area contributed by atoms with Crippen LogP contribution in [0.3, 0.4) is 0 Å². The third kappa shape index (κ3) is 4.28. The molecule has 3 heteroatoms. The molecular weight excluding hydrogens is 339 g/mol. The lowest BCUT2D eigenvalue weighted by molar-refractivity contribution is 0.104. The molecule has 1 fully saturated rings. The lowest BCUT2D eigenvalue weighted by atomic mass is 9.84. The van der Waals surface area contributed by atoms with E-state index in [2.05, 4.69) is 12.1 Å². The number of carbonyl (C=O) groups is 1. The van der Waals surface area contributed by atoms with Crippen molar-refractivity contribution < 1.29 is 4.79 Å². The highest BCUT2D eigenvalue weighted by atomic mass is 35.5. The van der Waals surface area contributed by atoms with Crippen LogP contribution in [0, 0.1) is 0 Å². The highest BCUT2D eigenvalue weighted by Crippen LogP contribution is 2.32. The van der Waals surface area contributed by atoms with E-state index in [9.17, 15) is 4.79 Å². The number of hydrogen-bond donors (Lipinski definition) is 0. The average Bonchev–Trinajstić information content (AvgIpc) is 2.62. The summed E-state index contributed by atoms with van der Waals surface area (Å²) in [6.45, 7) is 0. The quantitative estimate of drug-likeness (QED) is 0.427. The first kappa shape index (κ1) is 17.3. The molecular formula is C21H20Cl2O. The Kier molecular flexibility index (Phi) is 5.76. The van der Waals surface area contributed by atoms with Crippen molar-refractivity contribution >= 4 is 35.1 Å². The highest BCUT2D eigenvalue weighted by molar-refractivity contribution is 6.35. The second kappa shape index (κ2) is 8.00. The van der Waals surface area contributed by atoms with Gasteiger partial charge in [0.1, 0.15) is 0 Å². The Labute approximate surface area is 153 Å². The van der Waals surface area contributed by atoms with Gasteiger partial charge in [0.05, 0.1) is 0 Å². The molecule has 0 radical (unpaired) electrons. The van der Waals surface area contributed by atoms with E-state index < -0.39 is 0 Å². The van der Waals surface area contributed by atoms with E-state index in [0.29, 0.717) is 21.5 Å². The molecule has 1 aliphatic carbocycles. The Morgan fingerprint density at radius 3 is 2.33 bits per heavy atom. The normalized spacial score (nSPS) is 15.8. The summed E-state index contributed by atoms with van der Waals surface area (Å²) in [5.41, 5.74) is 2.85. The third-order valence-electron chi connectivity index (χ3n) is 4.65. The minimum absolute atomic E-state index is 0.0174. The maximum atomic E-state index is 12.3. The lowest BCUT2D eigenvalue weighted by Crippen LogP contribution is -2.05. The van der Waals surface area contributed by atoms with Crippen molar-refractivity contribution in [2.45, 2.75) is 38.0 Å². The van der Waals surface area contributed by atoms with Crippen LogP contribution in [0.2, 0.25) is 10.0 Å². The monoisotopic (exact) mass is 358 g/mol. The molecule has 1 aliphatic rings. The number of hydrogen-bond acceptors (Lipinski definition) is 1. The zero-order valence-electron chi connectivity index (χ0n) is 13.5. The van der Waals surface area contributed by atoms with E-state index in [1.54, 1.807) is 30.4 Å². The minimum Gasteiger partial charge on any atom is -0.289 e. The highest BCUT2D eigenvalue weighted by Gasteiger charge is 2.15. The number of halogens is 2. The van der Waals surface area contributed by atoms with Crippen molar-refractivity contribution in [3.8, 4) is 0 Å². The van der Waals surface area contributed by atoms with Gasteiger partial charge in [-0.3, -0.25) is 4.79 Å². The van der Waals surface area contributed by atoms with Crippen LogP contribution >= 0.6 is 23.2 Å². The minimum atomic E-state index is -0.0174. The fourth-order valence-electron chi connectivity index (χ4n) is 3.25. The maximum absolute atomic E-state index is 12.3. The van der Waals surface area contributed by atoms with Gasteiger partial charge in [-0.15, -0.1) is 0 Å². The van der Waals surface area contributed by atoms with Gasteiger partial charge in [-0.1, -0.05) is 72.8 Å². The number of ketones is 1. The van der Waals surface area contributed by atoms with Crippen molar-refractivity contribution in [1.82, 2.24) is 0 Å². The van der Waals surface area contributed by atoms with Gasteiger partial charge in [0.25, 0.3) is 0 Å². The summed E-state index contributed by atoms with van der Waals surface area (Å²) in [4.78, 5) is 12.3. The first-order valence-electron chi connectivity index (χ1n) is 8.41. The maximum Gasteiger partial charge on any atom is 0.185 e. The standard InChI is InChI=1S/C21H20Cl2O/c22-19-12-10-17(20(23)14-19)11-13-21(24)18-8-6-16(7-9-18)15-4-2-1-3-5-15/h6-15H,1-5H2/b13-11+. The van der Waals surface area contributed by atoms with Crippen molar-refractivity contribution in [2.24, 2.45) is 0 Å². The predicted octanol–water partition coefficient (Wildman–Crippen LogP) is 6.94. The van der Waals surface area contributed by atoms with Crippen molar-refractivity contribution in [2.75, 3.05) is 0 Å². The summed E-state index contributed by atoms with van der Waals surface area (Å²) >= 11 is 12.0. The van der Waals surface area contributed by atoms with Crippen LogP contribution in [0.5, 0.6) is 0 Å². The fraction of sp³-hybridized carbons (Fsp3) is 0.286. The first-order chi connectivity index (χ1) is 11.6. The van der Waals surface area contributed by atoms with Crippen molar-refractivity contribution in [1.29, 1.82) is 0 Å². The van der Waals surface area contributed by atoms with Crippen LogP contribution in [0.15, 0.2) is 48.5 Å². The Hall–Kier alpha value is -1.57. The average molecular weight is 359 g/mol. The summed E-state index contributed by atoms with van der Waals surface area (Å²) < 4.78 is 0. The molecule has 0 spiro atoms. The molecule has 0 N–H and O–H groups in total. The fourth-order valence-corrected chi connectivity index (χ4v) is 3.73. The van der Waals surface area contributed by atoms with E-state index >= 15 is 0 Å². The molecule has 2 aromatic carbocycles. The molecule has 0 aliphatic heterocycles. The summed E-state index contributed by atoms with van der Waals surface area (Å²) in [5, 5.41) is 1.13. The van der Waals surface area contributed by atoms with E-state index in [4.69, 9.17) is 23.2 Å². The summed E-state index contributed by atoms with van der Waals surface area (Å²) in [7, 11) is 0. The van der Waals surface area contributed by atoms with Gasteiger partial charge in [-0.2, -0.15) is 0 Å². The predicted molar refractivity (Wildman–Crippen MR) is 102 cm³/mol. The Morgan fingerprint density at radius 1 is 0.958 bits per heavy atom. The van der Waals surface area contributed by atoms with Gasteiger partial charge in [0.15, 0.2) is 5.78 Å². The van der Waals surface area contributed by atoms with Gasteiger partial charge in [0, 0.05) is 15.6 Å². The van der Waals surface area contributed by atoms with Crippen molar-refractivity contribution in [3.05, 3.63) is 75.3 Å². The second-order valence-electron chi connectivity index (χ2n) is 6.32. The first-order valence-corrected chi connectivity index (χ1v) is 9.16. The van der Waals surface area contributed by atoms with Gasteiger partial charge in [-0.05, 0) is 54.2 Å². The smallest absolute Gasteiger partial charge is 0.185 e. The SMILES string of the molecule is O=C(/C=C/c1ccc(Cl)cc1Cl)c1ccc(C2CCCCC2)cc1. The van der Waals surface area contributed by atoms with Crippen LogP contribution in [-0.4, -0.2) is 5.78 Å². The molecule has 1 nitrogen and oxygen atoms in total. The van der Waals surface area contributed by atoms with Gasteiger partial charge in [0.2, 0.25) is 0 Å². The molecule has 0 unspecified atom stereocenters. The number of allylic oxidation sites excluding steroid dienone is 1. The molecule has 0 heterocycles. The van der Waals surface area contributed by atoms with Crippen LogP contribution in [0.1, 0.15) is 59.5 Å². The zero-order valence-corrected chi connectivity index (χ0v) is 15.0. The van der Waals surface area contributed by atoms with Crippen molar-refractivity contribution in [3.63, 3.8) is 0 Å². The molecule has 0 atom stereocenters. The second-order valence-corrected chi connectivity index (χ2v) is 7.16. The van der Waals surface area contributed by atoms with Crippen LogP contribution in [0.4, 0.5) is 0 Å². The summed E-state index contributed by atoms with van der Waals surface area (Å²) in [6.07, 6.45) is 9.81.